The van der Waals surface area contributed by atoms with Crippen molar-refractivity contribution < 1.29 is 17.0 Å². The van der Waals surface area contributed by atoms with Crippen LogP contribution in [0.4, 0.5) is 4.39 Å². The summed E-state index contributed by atoms with van der Waals surface area (Å²) in [6.45, 7) is 2.11. The van der Waals surface area contributed by atoms with Crippen LogP contribution in [-0.4, -0.2) is 26.3 Å². The van der Waals surface area contributed by atoms with E-state index in [4.69, 9.17) is 15.8 Å². The Labute approximate surface area is 169 Å². The van der Waals surface area contributed by atoms with Crippen molar-refractivity contribution in [3.63, 3.8) is 0 Å². The predicted molar refractivity (Wildman–Crippen MR) is 108 cm³/mol. The third-order valence-corrected chi connectivity index (χ3v) is 4.89. The molecule has 0 amide bonds. The van der Waals surface area contributed by atoms with E-state index >= 15 is 0 Å². The van der Waals surface area contributed by atoms with Crippen LogP contribution in [0.2, 0.25) is 5.02 Å². The minimum absolute atomic E-state index is 0.0959. The molecule has 0 saturated carbocycles. The Morgan fingerprint density at radius 2 is 1.89 bits per heavy atom. The van der Waals surface area contributed by atoms with Gasteiger partial charge in [0.25, 0.3) is 10.1 Å². The summed E-state index contributed by atoms with van der Waals surface area (Å²) in [5.41, 5.74) is 6.95. The van der Waals surface area contributed by atoms with Gasteiger partial charge in [-0.15, -0.1) is 0 Å². The molecule has 0 saturated heterocycles. The Balaban J connectivity index is 1.88. The lowest BCUT2D eigenvalue weighted by molar-refractivity contribution is 0.299. The molecule has 1 N–H and O–H groups in total. The molecule has 1 aliphatic heterocycles. The van der Waals surface area contributed by atoms with Crippen LogP contribution in [0.3, 0.4) is 0 Å². The summed E-state index contributed by atoms with van der Waals surface area (Å²) in [5.74, 6) is -0.283. The lowest BCUT2D eigenvalue weighted by atomic mass is 10.1. The molecule has 0 atom stereocenters. The molecule has 0 aromatic heterocycles. The third-order valence-electron chi connectivity index (χ3n) is 4.09. The van der Waals surface area contributed by atoms with Gasteiger partial charge in [-0.1, -0.05) is 23.7 Å². The summed E-state index contributed by atoms with van der Waals surface area (Å²) in [7, 11) is -3.57. The quantitative estimate of drug-likeness (QED) is 0.713. The van der Waals surface area contributed by atoms with Crippen molar-refractivity contribution in [2.75, 3.05) is 12.9 Å². The minimum atomic E-state index is -3.57. The van der Waals surface area contributed by atoms with E-state index in [-0.39, 0.29) is 12.4 Å². The maximum absolute atomic E-state index is 13.6. The predicted octanol–water partition coefficient (Wildman–Crippen LogP) is 4.01. The Kier molecular flexibility index (Phi) is 6.07. The van der Waals surface area contributed by atoms with Gasteiger partial charge in [-0.25, -0.2) is 4.39 Å². The van der Waals surface area contributed by atoms with Crippen LogP contribution < -0.4 is 5.43 Å². The third kappa shape index (κ3) is 5.58. The summed E-state index contributed by atoms with van der Waals surface area (Å²) in [6.07, 6.45) is 4.57. The average Bonchev–Trinajstić information content (AvgIpc) is 2.63. The maximum Gasteiger partial charge on any atom is 0.264 e. The SMILES string of the molecule is Cc1cc(C2=CC(COS(C)(=O)=O)=CN(Cc3ccc(Cl)cc3)N2)ccc1F. The maximum atomic E-state index is 13.6. The smallest absolute Gasteiger partial charge is 0.264 e. The van der Waals surface area contributed by atoms with Crippen molar-refractivity contribution >= 4 is 27.4 Å². The number of benzene rings is 2. The van der Waals surface area contributed by atoms with E-state index in [1.807, 2.05) is 17.1 Å². The molecule has 0 aliphatic carbocycles. The fourth-order valence-electron chi connectivity index (χ4n) is 2.73. The van der Waals surface area contributed by atoms with E-state index in [1.165, 1.54) is 6.07 Å². The fraction of sp³-hybridized carbons (Fsp3) is 0.200. The molecule has 0 radical (unpaired) electrons. The van der Waals surface area contributed by atoms with Crippen molar-refractivity contribution in [3.05, 3.63) is 87.8 Å². The zero-order valence-electron chi connectivity index (χ0n) is 15.4. The number of rotatable bonds is 6. The highest BCUT2D eigenvalue weighted by atomic mass is 35.5. The van der Waals surface area contributed by atoms with E-state index in [9.17, 15) is 12.8 Å². The van der Waals surface area contributed by atoms with E-state index in [0.29, 0.717) is 28.4 Å². The van der Waals surface area contributed by atoms with E-state index in [0.717, 1.165) is 17.4 Å². The fourth-order valence-corrected chi connectivity index (χ4v) is 3.20. The van der Waals surface area contributed by atoms with E-state index < -0.39 is 10.1 Å². The molecule has 0 spiro atoms. The minimum Gasteiger partial charge on any atom is -0.298 e. The molecule has 2 aromatic rings. The molecule has 0 unspecified atom stereocenters. The monoisotopic (exact) mass is 422 g/mol. The molecule has 3 rings (SSSR count). The average molecular weight is 423 g/mol. The Morgan fingerprint density at radius 3 is 2.54 bits per heavy atom. The molecule has 0 fully saturated rings. The molecule has 148 valence electrons. The summed E-state index contributed by atoms with van der Waals surface area (Å²) in [5, 5.41) is 2.47. The van der Waals surface area contributed by atoms with Crippen LogP contribution in [0, 0.1) is 12.7 Å². The first-order chi connectivity index (χ1) is 13.2. The van der Waals surface area contributed by atoms with Gasteiger partial charge in [-0.2, -0.15) is 8.42 Å². The lowest BCUT2D eigenvalue weighted by Crippen LogP contribution is -2.34. The van der Waals surface area contributed by atoms with Crippen molar-refractivity contribution in [2.24, 2.45) is 0 Å². The molecule has 0 bridgehead atoms. The van der Waals surface area contributed by atoms with Gasteiger partial charge in [0.2, 0.25) is 0 Å². The van der Waals surface area contributed by atoms with Crippen LogP contribution >= 0.6 is 11.6 Å². The molecule has 1 heterocycles. The van der Waals surface area contributed by atoms with Gasteiger partial charge in [-0.05, 0) is 65.6 Å². The molecular formula is C20H20ClFN2O3S. The lowest BCUT2D eigenvalue weighted by Gasteiger charge is -2.29. The Hall–Kier alpha value is -2.35. The second-order valence-electron chi connectivity index (χ2n) is 6.56. The normalized spacial score (nSPS) is 14.4. The van der Waals surface area contributed by atoms with Crippen molar-refractivity contribution in [1.29, 1.82) is 0 Å². The first kappa shape index (κ1) is 20.4. The number of nitrogens with one attached hydrogen (secondary N) is 1. The highest BCUT2D eigenvalue weighted by Crippen LogP contribution is 2.23. The standard InChI is InChI=1S/C20H20ClFN2O3S/c1-14-9-17(5-8-19(14)22)20-10-16(13-27-28(2,25)26)12-24(23-20)11-15-3-6-18(21)7-4-15/h3-10,12,23H,11,13H2,1-2H3. The van der Waals surface area contributed by atoms with Gasteiger partial charge in [0.05, 0.1) is 25.1 Å². The molecule has 2 aromatic carbocycles. The summed E-state index contributed by atoms with van der Waals surface area (Å²) in [6, 6.07) is 12.2. The molecule has 8 heteroatoms. The molecule has 5 nitrogen and oxygen atoms in total. The van der Waals surface area contributed by atoms with Crippen LogP contribution in [0.1, 0.15) is 16.7 Å². The first-order valence-corrected chi connectivity index (χ1v) is 10.7. The number of hydrazine groups is 1. The highest BCUT2D eigenvalue weighted by molar-refractivity contribution is 7.86. The summed E-state index contributed by atoms with van der Waals surface area (Å²) < 4.78 is 41.3. The second-order valence-corrected chi connectivity index (χ2v) is 8.64. The van der Waals surface area contributed by atoms with Crippen molar-refractivity contribution in [2.45, 2.75) is 13.5 Å². The van der Waals surface area contributed by atoms with Crippen molar-refractivity contribution in [3.8, 4) is 0 Å². The van der Waals surface area contributed by atoms with Crippen LogP contribution in [-0.2, 0) is 20.8 Å². The van der Waals surface area contributed by atoms with E-state index in [1.54, 1.807) is 43.5 Å². The Bertz CT molecular complexity index is 1030. The zero-order valence-corrected chi connectivity index (χ0v) is 17.0. The Morgan fingerprint density at radius 1 is 1.18 bits per heavy atom. The van der Waals surface area contributed by atoms with E-state index in [2.05, 4.69) is 5.43 Å². The van der Waals surface area contributed by atoms with Crippen LogP contribution in [0.25, 0.3) is 5.70 Å². The molecule has 28 heavy (non-hydrogen) atoms. The van der Waals surface area contributed by atoms with Gasteiger partial charge < -0.3 is 0 Å². The van der Waals surface area contributed by atoms with Gasteiger partial charge in [0.15, 0.2) is 0 Å². The largest absolute Gasteiger partial charge is 0.298 e. The van der Waals surface area contributed by atoms with Gasteiger partial charge in [0.1, 0.15) is 5.82 Å². The summed E-state index contributed by atoms with van der Waals surface area (Å²) in [4.78, 5) is 0. The molecule has 1 aliphatic rings. The number of aryl methyl sites for hydroxylation is 1. The second kappa shape index (κ2) is 8.34. The van der Waals surface area contributed by atoms with Crippen LogP contribution in [0.15, 0.2) is 60.3 Å². The number of hydrogen-bond acceptors (Lipinski definition) is 5. The van der Waals surface area contributed by atoms with Gasteiger partial charge >= 0.3 is 0 Å². The van der Waals surface area contributed by atoms with Crippen LogP contribution in [0.5, 0.6) is 0 Å². The summed E-state index contributed by atoms with van der Waals surface area (Å²) >= 11 is 5.94. The van der Waals surface area contributed by atoms with Crippen molar-refractivity contribution in [1.82, 2.24) is 10.4 Å². The van der Waals surface area contributed by atoms with Gasteiger partial charge in [0, 0.05) is 11.2 Å². The zero-order chi connectivity index (χ0) is 20.3. The first-order valence-electron chi connectivity index (χ1n) is 8.51. The number of nitrogens with zero attached hydrogens (tertiary/aromatic N) is 1. The topological polar surface area (TPSA) is 58.6 Å². The molecular weight excluding hydrogens is 403 g/mol. The highest BCUT2D eigenvalue weighted by Gasteiger charge is 2.16. The number of halogens is 2. The van der Waals surface area contributed by atoms with Gasteiger partial charge in [-0.3, -0.25) is 14.6 Å². The number of hydrogen-bond donors (Lipinski definition) is 1.